The zero-order valence-corrected chi connectivity index (χ0v) is 11.0. The fourth-order valence-corrected chi connectivity index (χ4v) is 3.05. The monoisotopic (exact) mass is 249 g/mol. The van der Waals surface area contributed by atoms with Crippen molar-refractivity contribution in [3.05, 3.63) is 29.8 Å². The van der Waals surface area contributed by atoms with Crippen molar-refractivity contribution < 1.29 is 9.84 Å². The Morgan fingerprint density at radius 1 is 1.33 bits per heavy atom. The van der Waals surface area contributed by atoms with Gasteiger partial charge in [-0.25, -0.2) is 0 Å². The number of methoxy groups -OCH3 is 1. The number of nitrogens with two attached hydrogens (primary N) is 1. The molecule has 3 N–H and O–H groups in total. The maximum absolute atomic E-state index is 10.5. The Balaban J connectivity index is 2.21. The molecule has 100 valence electrons. The van der Waals surface area contributed by atoms with Crippen molar-refractivity contribution in [3.8, 4) is 5.75 Å². The Bertz CT molecular complexity index is 375. The van der Waals surface area contributed by atoms with E-state index in [-0.39, 0.29) is 12.0 Å². The van der Waals surface area contributed by atoms with Crippen molar-refractivity contribution in [1.29, 1.82) is 0 Å². The van der Waals surface area contributed by atoms with Gasteiger partial charge in [0, 0.05) is 18.0 Å². The van der Waals surface area contributed by atoms with E-state index in [1.54, 1.807) is 7.11 Å². The molecule has 1 aromatic rings. The van der Waals surface area contributed by atoms with Crippen LogP contribution in [0.15, 0.2) is 24.3 Å². The third-order valence-corrected chi connectivity index (χ3v) is 4.09. The Kier molecular flexibility index (Phi) is 4.61. The zero-order chi connectivity index (χ0) is 13.0. The lowest BCUT2D eigenvalue weighted by atomic mass is 9.84. The molecule has 3 heteroatoms. The molecule has 0 bridgehead atoms. The van der Waals surface area contributed by atoms with E-state index in [0.717, 1.165) is 24.2 Å². The molecule has 1 saturated carbocycles. The molecule has 0 heterocycles. The minimum atomic E-state index is -0.353. The molecular formula is C15H23NO2. The minimum Gasteiger partial charge on any atom is -0.496 e. The molecule has 0 saturated heterocycles. The van der Waals surface area contributed by atoms with Crippen molar-refractivity contribution in [2.24, 2.45) is 11.7 Å². The summed E-state index contributed by atoms with van der Waals surface area (Å²) < 4.78 is 5.37. The summed E-state index contributed by atoms with van der Waals surface area (Å²) >= 11 is 0. The molecule has 18 heavy (non-hydrogen) atoms. The van der Waals surface area contributed by atoms with E-state index in [1.807, 2.05) is 24.3 Å². The van der Waals surface area contributed by atoms with E-state index in [4.69, 9.17) is 10.5 Å². The highest BCUT2D eigenvalue weighted by Gasteiger charge is 2.31. The number of ether oxygens (including phenoxy) is 1. The minimum absolute atomic E-state index is 0.0238. The van der Waals surface area contributed by atoms with Gasteiger partial charge < -0.3 is 15.6 Å². The topological polar surface area (TPSA) is 55.5 Å². The Morgan fingerprint density at radius 2 is 2.00 bits per heavy atom. The Hall–Kier alpha value is -1.06. The maximum Gasteiger partial charge on any atom is 0.122 e. The Labute approximate surface area is 109 Å². The lowest BCUT2D eigenvalue weighted by molar-refractivity contribution is 0.0842. The number of hydrogen-bond donors (Lipinski definition) is 2. The summed E-state index contributed by atoms with van der Waals surface area (Å²) in [7, 11) is 1.66. The van der Waals surface area contributed by atoms with Gasteiger partial charge in [-0.15, -0.1) is 0 Å². The standard InChI is InChI=1S/C15H23NO2/c1-18-14-9-5-4-8-12(14)13(10-16)15(17)11-6-2-3-7-11/h4-5,8-9,11,13,15,17H,2-3,6-7,10,16H2,1H3. The molecule has 0 spiro atoms. The summed E-state index contributed by atoms with van der Waals surface area (Å²) in [5, 5.41) is 10.5. The molecule has 1 aromatic carbocycles. The smallest absolute Gasteiger partial charge is 0.122 e. The van der Waals surface area contributed by atoms with E-state index in [2.05, 4.69) is 0 Å². The molecule has 1 fully saturated rings. The summed E-state index contributed by atoms with van der Waals surface area (Å²) in [6.07, 6.45) is 4.34. The van der Waals surface area contributed by atoms with Crippen LogP contribution in [0.4, 0.5) is 0 Å². The van der Waals surface area contributed by atoms with Crippen LogP contribution < -0.4 is 10.5 Å². The van der Waals surface area contributed by atoms with E-state index in [0.29, 0.717) is 12.5 Å². The first-order valence-electron chi connectivity index (χ1n) is 6.79. The van der Waals surface area contributed by atoms with Crippen LogP contribution in [0.25, 0.3) is 0 Å². The third-order valence-electron chi connectivity index (χ3n) is 4.09. The fraction of sp³-hybridized carbons (Fsp3) is 0.600. The number of aliphatic hydroxyl groups excluding tert-OH is 1. The van der Waals surface area contributed by atoms with Gasteiger partial charge in [0.2, 0.25) is 0 Å². The number of benzene rings is 1. The highest BCUT2D eigenvalue weighted by molar-refractivity contribution is 5.37. The summed E-state index contributed by atoms with van der Waals surface area (Å²) in [5.41, 5.74) is 6.91. The largest absolute Gasteiger partial charge is 0.496 e. The van der Waals surface area contributed by atoms with Gasteiger partial charge in [0.1, 0.15) is 5.75 Å². The molecule has 1 aliphatic carbocycles. The first kappa shape index (κ1) is 13.4. The SMILES string of the molecule is COc1ccccc1C(CN)C(O)C1CCCC1. The van der Waals surface area contributed by atoms with Gasteiger partial charge in [-0.3, -0.25) is 0 Å². The van der Waals surface area contributed by atoms with Crippen LogP contribution in [-0.4, -0.2) is 24.9 Å². The molecule has 0 amide bonds. The molecule has 0 aromatic heterocycles. The van der Waals surface area contributed by atoms with Crippen LogP contribution in [0.5, 0.6) is 5.75 Å². The lowest BCUT2D eigenvalue weighted by Crippen LogP contribution is -2.31. The summed E-state index contributed by atoms with van der Waals surface area (Å²) in [6, 6.07) is 7.85. The fourth-order valence-electron chi connectivity index (χ4n) is 3.05. The van der Waals surface area contributed by atoms with Gasteiger partial charge >= 0.3 is 0 Å². The molecule has 0 radical (unpaired) electrons. The second kappa shape index (κ2) is 6.21. The summed E-state index contributed by atoms with van der Waals surface area (Å²) in [4.78, 5) is 0. The number of para-hydroxylation sites is 1. The molecule has 3 nitrogen and oxygen atoms in total. The van der Waals surface area contributed by atoms with E-state index >= 15 is 0 Å². The predicted octanol–water partition coefficient (Wildman–Crippen LogP) is 2.29. The van der Waals surface area contributed by atoms with E-state index < -0.39 is 0 Å². The summed E-state index contributed by atoms with van der Waals surface area (Å²) in [5.74, 6) is 1.19. The van der Waals surface area contributed by atoms with Crippen LogP contribution in [-0.2, 0) is 0 Å². The van der Waals surface area contributed by atoms with Gasteiger partial charge in [-0.2, -0.15) is 0 Å². The van der Waals surface area contributed by atoms with Gasteiger partial charge in [0.05, 0.1) is 13.2 Å². The average molecular weight is 249 g/mol. The van der Waals surface area contributed by atoms with Crippen LogP contribution in [0.1, 0.15) is 37.2 Å². The zero-order valence-electron chi connectivity index (χ0n) is 11.0. The number of rotatable bonds is 5. The molecule has 2 atom stereocenters. The molecule has 2 rings (SSSR count). The van der Waals surface area contributed by atoms with E-state index in [1.165, 1.54) is 12.8 Å². The Morgan fingerprint density at radius 3 is 2.61 bits per heavy atom. The van der Waals surface area contributed by atoms with Gasteiger partial charge in [0.15, 0.2) is 0 Å². The predicted molar refractivity (Wildman–Crippen MR) is 72.8 cm³/mol. The number of aliphatic hydroxyl groups is 1. The second-order valence-corrected chi connectivity index (χ2v) is 5.12. The van der Waals surface area contributed by atoms with Crippen molar-refractivity contribution in [2.45, 2.75) is 37.7 Å². The number of hydrogen-bond acceptors (Lipinski definition) is 3. The normalized spacial score (nSPS) is 19.7. The average Bonchev–Trinajstić information content (AvgIpc) is 2.94. The van der Waals surface area contributed by atoms with Crippen molar-refractivity contribution in [2.75, 3.05) is 13.7 Å². The van der Waals surface area contributed by atoms with Crippen molar-refractivity contribution >= 4 is 0 Å². The van der Waals surface area contributed by atoms with Crippen LogP contribution in [0.3, 0.4) is 0 Å². The van der Waals surface area contributed by atoms with Gasteiger partial charge in [0.25, 0.3) is 0 Å². The third kappa shape index (κ3) is 2.68. The van der Waals surface area contributed by atoms with Gasteiger partial charge in [-0.1, -0.05) is 31.0 Å². The molecule has 2 unspecified atom stereocenters. The van der Waals surface area contributed by atoms with Gasteiger partial charge in [-0.05, 0) is 24.8 Å². The summed E-state index contributed by atoms with van der Waals surface area (Å²) in [6.45, 7) is 0.456. The highest BCUT2D eigenvalue weighted by Crippen LogP contribution is 2.36. The van der Waals surface area contributed by atoms with Crippen molar-refractivity contribution in [3.63, 3.8) is 0 Å². The first-order valence-corrected chi connectivity index (χ1v) is 6.79. The van der Waals surface area contributed by atoms with Crippen LogP contribution in [0, 0.1) is 5.92 Å². The lowest BCUT2D eigenvalue weighted by Gasteiger charge is -2.27. The molecule has 1 aliphatic rings. The van der Waals surface area contributed by atoms with Crippen LogP contribution >= 0.6 is 0 Å². The second-order valence-electron chi connectivity index (χ2n) is 5.12. The first-order chi connectivity index (χ1) is 8.77. The molecule has 0 aliphatic heterocycles. The van der Waals surface area contributed by atoms with E-state index in [9.17, 15) is 5.11 Å². The highest BCUT2D eigenvalue weighted by atomic mass is 16.5. The van der Waals surface area contributed by atoms with Crippen molar-refractivity contribution in [1.82, 2.24) is 0 Å². The molecular weight excluding hydrogens is 226 g/mol. The maximum atomic E-state index is 10.5. The van der Waals surface area contributed by atoms with Crippen LogP contribution in [0.2, 0.25) is 0 Å². The quantitative estimate of drug-likeness (QED) is 0.841.